The monoisotopic (exact) mass is 305 g/mol. The molecular weight excluding hydrogens is 278 g/mol. The zero-order valence-corrected chi connectivity index (χ0v) is 13.9. The average Bonchev–Trinajstić information content (AvgIpc) is 2.55. The number of anilines is 1. The van der Waals surface area contributed by atoms with E-state index in [4.69, 9.17) is 4.99 Å². The second kappa shape index (κ2) is 9.72. The van der Waals surface area contributed by atoms with Crippen molar-refractivity contribution in [1.29, 1.82) is 0 Å². The van der Waals surface area contributed by atoms with Crippen molar-refractivity contribution in [1.82, 2.24) is 4.90 Å². The van der Waals surface area contributed by atoms with Gasteiger partial charge in [-0.15, -0.1) is 0 Å². The molecule has 0 spiro atoms. The van der Waals surface area contributed by atoms with Gasteiger partial charge in [-0.25, -0.2) is 0 Å². The highest BCUT2D eigenvalue weighted by Gasteiger charge is 2.14. The Morgan fingerprint density at radius 3 is 2.62 bits per heavy atom. The molecule has 0 aliphatic carbocycles. The molecule has 3 nitrogen and oxygen atoms in total. The highest BCUT2D eigenvalue weighted by Crippen LogP contribution is 2.13. The van der Waals surface area contributed by atoms with Crippen LogP contribution in [0.3, 0.4) is 0 Å². The summed E-state index contributed by atoms with van der Waals surface area (Å²) in [5.74, 6) is 2.30. The number of rotatable bonds is 6. The molecule has 4 heteroatoms. The molecule has 0 bridgehead atoms. The average molecular weight is 305 g/mol. The molecule has 116 valence electrons. The van der Waals surface area contributed by atoms with Gasteiger partial charge >= 0.3 is 0 Å². The van der Waals surface area contributed by atoms with Gasteiger partial charge in [0.2, 0.25) is 0 Å². The van der Waals surface area contributed by atoms with Gasteiger partial charge in [0.15, 0.2) is 5.96 Å². The van der Waals surface area contributed by atoms with Crippen molar-refractivity contribution in [3.05, 3.63) is 30.3 Å². The minimum Gasteiger partial charge on any atom is -0.343 e. The van der Waals surface area contributed by atoms with Gasteiger partial charge in [-0.2, -0.15) is 11.8 Å². The van der Waals surface area contributed by atoms with Gasteiger partial charge in [-0.1, -0.05) is 18.2 Å². The Hall–Kier alpha value is -1.16. The zero-order chi connectivity index (χ0) is 14.8. The standard InChI is InChI=1S/C17H27N3S/c1-21-15-9-6-12-18-17(20-13-7-3-8-14-20)19-16-10-4-2-5-11-16/h2,4-5,10-11H,3,6-9,12-15H2,1H3,(H,18,19). The van der Waals surface area contributed by atoms with Gasteiger partial charge in [0.25, 0.3) is 0 Å². The number of nitrogens with one attached hydrogen (secondary N) is 1. The predicted molar refractivity (Wildman–Crippen MR) is 95.4 cm³/mol. The van der Waals surface area contributed by atoms with E-state index in [-0.39, 0.29) is 0 Å². The number of hydrogen-bond acceptors (Lipinski definition) is 2. The Balaban J connectivity index is 1.94. The maximum atomic E-state index is 4.84. The molecule has 1 aromatic rings. The fraction of sp³-hybridized carbons (Fsp3) is 0.588. The van der Waals surface area contributed by atoms with Crippen LogP contribution in [0.4, 0.5) is 5.69 Å². The van der Waals surface area contributed by atoms with Crippen LogP contribution in [0.15, 0.2) is 35.3 Å². The number of nitrogens with zero attached hydrogens (tertiary/aromatic N) is 2. The summed E-state index contributed by atoms with van der Waals surface area (Å²) in [5, 5.41) is 3.51. The number of hydrogen-bond donors (Lipinski definition) is 1. The molecule has 0 atom stereocenters. The molecule has 0 radical (unpaired) electrons. The number of guanidine groups is 1. The van der Waals surface area contributed by atoms with Crippen LogP contribution < -0.4 is 5.32 Å². The normalized spacial score (nSPS) is 16.0. The summed E-state index contributed by atoms with van der Waals surface area (Å²) in [5.41, 5.74) is 1.13. The highest BCUT2D eigenvalue weighted by molar-refractivity contribution is 7.98. The van der Waals surface area contributed by atoms with Gasteiger partial charge in [-0.05, 0) is 56.2 Å². The first-order valence-corrected chi connectivity index (χ1v) is 9.40. The Morgan fingerprint density at radius 2 is 1.90 bits per heavy atom. The summed E-state index contributed by atoms with van der Waals surface area (Å²) in [7, 11) is 0. The molecule has 21 heavy (non-hydrogen) atoms. The minimum absolute atomic E-state index is 0.923. The lowest BCUT2D eigenvalue weighted by Gasteiger charge is -2.30. The Bertz CT molecular complexity index is 413. The number of thioether (sulfide) groups is 1. The third kappa shape index (κ3) is 6.00. The first-order chi connectivity index (χ1) is 10.4. The molecule has 1 aromatic carbocycles. The summed E-state index contributed by atoms with van der Waals surface area (Å²) in [4.78, 5) is 7.24. The molecule has 0 saturated carbocycles. The Labute approximate surface area is 133 Å². The molecule has 1 heterocycles. The topological polar surface area (TPSA) is 27.6 Å². The van der Waals surface area contributed by atoms with Gasteiger partial charge in [-0.3, -0.25) is 4.99 Å². The van der Waals surface area contributed by atoms with Crippen LogP contribution in [-0.4, -0.2) is 42.5 Å². The summed E-state index contributed by atoms with van der Waals surface area (Å²) >= 11 is 1.92. The van der Waals surface area contributed by atoms with E-state index < -0.39 is 0 Å². The number of benzene rings is 1. The molecule has 1 aliphatic heterocycles. The smallest absolute Gasteiger partial charge is 0.198 e. The predicted octanol–water partition coefficient (Wildman–Crippen LogP) is 4.08. The molecular formula is C17H27N3S. The lowest BCUT2D eigenvalue weighted by Crippen LogP contribution is -2.40. The number of likely N-dealkylation sites (tertiary alicyclic amines) is 1. The SMILES string of the molecule is CSCCCCN=C(Nc1ccccc1)N1CCCCC1. The maximum Gasteiger partial charge on any atom is 0.198 e. The second-order valence-electron chi connectivity index (χ2n) is 5.44. The highest BCUT2D eigenvalue weighted by atomic mass is 32.2. The van der Waals surface area contributed by atoms with Crippen molar-refractivity contribution in [2.45, 2.75) is 32.1 Å². The van der Waals surface area contributed by atoms with E-state index in [0.29, 0.717) is 0 Å². The van der Waals surface area contributed by atoms with E-state index in [2.05, 4.69) is 40.7 Å². The quantitative estimate of drug-likeness (QED) is 0.487. The molecule has 0 unspecified atom stereocenters. The molecule has 1 fully saturated rings. The lowest BCUT2D eigenvalue weighted by molar-refractivity contribution is 0.340. The third-order valence-corrected chi connectivity index (χ3v) is 4.40. The number of piperidine rings is 1. The van der Waals surface area contributed by atoms with Crippen LogP contribution in [-0.2, 0) is 0 Å². The summed E-state index contributed by atoms with van der Waals surface area (Å²) in [6.45, 7) is 3.18. The largest absolute Gasteiger partial charge is 0.343 e. The van der Waals surface area contributed by atoms with E-state index in [0.717, 1.165) is 31.3 Å². The molecule has 1 aliphatic rings. The van der Waals surface area contributed by atoms with Gasteiger partial charge < -0.3 is 10.2 Å². The van der Waals surface area contributed by atoms with Crippen molar-refractivity contribution in [2.24, 2.45) is 4.99 Å². The molecule has 0 amide bonds. The summed E-state index contributed by atoms with van der Waals surface area (Å²) < 4.78 is 0. The number of para-hydroxylation sites is 1. The van der Waals surface area contributed by atoms with Crippen molar-refractivity contribution >= 4 is 23.4 Å². The molecule has 2 rings (SSSR count). The van der Waals surface area contributed by atoms with Gasteiger partial charge in [0.05, 0.1) is 0 Å². The number of unbranched alkanes of at least 4 members (excludes halogenated alkanes) is 1. The van der Waals surface area contributed by atoms with Crippen LogP contribution in [0.1, 0.15) is 32.1 Å². The Morgan fingerprint density at radius 1 is 1.14 bits per heavy atom. The van der Waals surface area contributed by atoms with Crippen LogP contribution >= 0.6 is 11.8 Å². The number of aliphatic imine (C=N–C) groups is 1. The van der Waals surface area contributed by atoms with Gasteiger partial charge in [0, 0.05) is 25.3 Å². The first kappa shape index (κ1) is 16.2. The van der Waals surface area contributed by atoms with Crippen molar-refractivity contribution in [2.75, 3.05) is 37.0 Å². The van der Waals surface area contributed by atoms with E-state index in [9.17, 15) is 0 Å². The van der Waals surface area contributed by atoms with E-state index in [1.165, 1.54) is 37.9 Å². The van der Waals surface area contributed by atoms with Crippen LogP contribution in [0.5, 0.6) is 0 Å². The molecule has 1 N–H and O–H groups in total. The van der Waals surface area contributed by atoms with E-state index in [1.54, 1.807) is 0 Å². The fourth-order valence-electron chi connectivity index (χ4n) is 2.52. The fourth-order valence-corrected chi connectivity index (χ4v) is 3.01. The lowest BCUT2D eigenvalue weighted by atomic mass is 10.1. The van der Waals surface area contributed by atoms with Crippen molar-refractivity contribution < 1.29 is 0 Å². The minimum atomic E-state index is 0.923. The Kier molecular flexibility index (Phi) is 7.50. The molecule has 1 saturated heterocycles. The van der Waals surface area contributed by atoms with Crippen LogP contribution in [0.2, 0.25) is 0 Å². The van der Waals surface area contributed by atoms with Gasteiger partial charge in [0.1, 0.15) is 0 Å². The van der Waals surface area contributed by atoms with E-state index in [1.807, 2.05) is 17.8 Å². The maximum absolute atomic E-state index is 4.84. The zero-order valence-electron chi connectivity index (χ0n) is 13.1. The van der Waals surface area contributed by atoms with Crippen molar-refractivity contribution in [3.63, 3.8) is 0 Å². The van der Waals surface area contributed by atoms with Crippen molar-refractivity contribution in [3.8, 4) is 0 Å². The van der Waals surface area contributed by atoms with Crippen LogP contribution in [0, 0.1) is 0 Å². The first-order valence-electron chi connectivity index (χ1n) is 8.00. The summed E-state index contributed by atoms with van der Waals surface area (Å²) in [6.07, 6.45) is 8.50. The second-order valence-corrected chi connectivity index (χ2v) is 6.43. The van der Waals surface area contributed by atoms with Crippen LogP contribution in [0.25, 0.3) is 0 Å². The summed E-state index contributed by atoms with van der Waals surface area (Å²) in [6, 6.07) is 10.4. The molecule has 0 aromatic heterocycles. The van der Waals surface area contributed by atoms with E-state index >= 15 is 0 Å². The third-order valence-electron chi connectivity index (χ3n) is 3.70.